The van der Waals surface area contributed by atoms with Crippen LogP contribution >= 0.6 is 11.8 Å². The van der Waals surface area contributed by atoms with Gasteiger partial charge < -0.3 is 9.30 Å². The molecule has 4 aromatic rings. The first-order valence-electron chi connectivity index (χ1n) is 10.8. The van der Waals surface area contributed by atoms with E-state index in [1.165, 1.54) is 0 Å². The summed E-state index contributed by atoms with van der Waals surface area (Å²) in [5.41, 5.74) is 3.03. The molecule has 1 unspecified atom stereocenters. The van der Waals surface area contributed by atoms with Crippen LogP contribution in [0.5, 0.6) is 0 Å². The molecular weight excluding hydrogens is 454 g/mol. The summed E-state index contributed by atoms with van der Waals surface area (Å²) in [7, 11) is 0. The minimum atomic E-state index is -0.675. The number of thioether (sulfide) groups is 1. The van der Waals surface area contributed by atoms with Crippen LogP contribution in [-0.2, 0) is 9.53 Å². The second-order valence-electron chi connectivity index (χ2n) is 8.18. The summed E-state index contributed by atoms with van der Waals surface area (Å²) in [5.74, 6) is -1.55. The Morgan fingerprint density at radius 2 is 1.62 bits per heavy atom. The van der Waals surface area contributed by atoms with Gasteiger partial charge in [0.05, 0.1) is 16.6 Å². The lowest BCUT2D eigenvalue weighted by Gasteiger charge is -2.16. The van der Waals surface area contributed by atoms with Gasteiger partial charge in [0.1, 0.15) is 10.8 Å². The number of benzene rings is 2. The van der Waals surface area contributed by atoms with Crippen LogP contribution in [0.2, 0.25) is 0 Å². The maximum atomic E-state index is 12.6. The highest BCUT2D eigenvalue weighted by Gasteiger charge is 2.36. The van der Waals surface area contributed by atoms with Crippen molar-refractivity contribution in [3.05, 3.63) is 59.7 Å². The fraction of sp³-hybridized carbons (Fsp3) is 0.250. The molecule has 34 heavy (non-hydrogen) atoms. The highest BCUT2D eigenvalue weighted by atomic mass is 32.2. The van der Waals surface area contributed by atoms with Crippen molar-refractivity contribution in [3.8, 4) is 0 Å². The molecule has 5 rings (SSSR count). The Kier molecular flexibility index (Phi) is 5.52. The average molecular weight is 476 g/mol. The number of amides is 2. The van der Waals surface area contributed by atoms with Crippen LogP contribution in [0.4, 0.5) is 0 Å². The number of esters is 1. The van der Waals surface area contributed by atoms with E-state index in [4.69, 9.17) is 4.74 Å². The molecule has 3 heterocycles. The number of rotatable bonds is 6. The van der Waals surface area contributed by atoms with Gasteiger partial charge in [-0.3, -0.25) is 14.4 Å². The van der Waals surface area contributed by atoms with E-state index in [-0.39, 0.29) is 6.04 Å². The molecule has 1 atom stereocenters. The number of carbonyl (C=O) groups is 3. The van der Waals surface area contributed by atoms with Gasteiger partial charge >= 0.3 is 5.97 Å². The van der Waals surface area contributed by atoms with Gasteiger partial charge in [0.15, 0.2) is 12.4 Å². The molecule has 1 aliphatic heterocycles. The quantitative estimate of drug-likeness (QED) is 0.235. The Balaban J connectivity index is 1.31. The Labute approximate surface area is 199 Å². The van der Waals surface area contributed by atoms with Gasteiger partial charge in [-0.2, -0.15) is 0 Å². The van der Waals surface area contributed by atoms with Crippen molar-refractivity contribution in [1.29, 1.82) is 0 Å². The number of nitrogens with zero attached hydrogens (tertiary/aromatic N) is 5. The maximum Gasteiger partial charge on any atom is 0.320 e. The van der Waals surface area contributed by atoms with E-state index >= 15 is 0 Å². The van der Waals surface area contributed by atoms with Crippen molar-refractivity contribution in [2.24, 2.45) is 0 Å². The smallest absolute Gasteiger partial charge is 0.320 e. The van der Waals surface area contributed by atoms with E-state index in [1.54, 1.807) is 31.2 Å². The second-order valence-corrected chi connectivity index (χ2v) is 9.49. The van der Waals surface area contributed by atoms with E-state index < -0.39 is 29.8 Å². The number of fused-ring (bicyclic) bond motifs is 4. The summed E-state index contributed by atoms with van der Waals surface area (Å²) in [6.07, 6.45) is 0. The maximum absolute atomic E-state index is 12.6. The first kappa shape index (κ1) is 22.0. The lowest BCUT2D eigenvalue weighted by Crippen LogP contribution is -2.34. The summed E-state index contributed by atoms with van der Waals surface area (Å²) in [6.45, 7) is 5.34. The van der Waals surface area contributed by atoms with Crippen LogP contribution in [0.15, 0.2) is 53.7 Å². The standard InChI is InChI=1S/C24H21N5O4S/c1-13(2)29-18-11-7-6-10-17(18)19-20(29)25-24(27-26-19)34-14(3)23(32)33-12-28-21(30)15-8-4-5-9-16(15)22(28)31/h4-11,13-14H,12H2,1-3H3. The van der Waals surface area contributed by atoms with Crippen molar-refractivity contribution < 1.29 is 19.1 Å². The van der Waals surface area contributed by atoms with Crippen LogP contribution in [0, 0.1) is 0 Å². The number of ether oxygens (including phenoxy) is 1. The zero-order valence-corrected chi connectivity index (χ0v) is 19.6. The van der Waals surface area contributed by atoms with Gasteiger partial charge in [0, 0.05) is 11.4 Å². The van der Waals surface area contributed by atoms with Crippen molar-refractivity contribution in [1.82, 2.24) is 24.6 Å². The predicted molar refractivity (Wildman–Crippen MR) is 126 cm³/mol. The lowest BCUT2D eigenvalue weighted by atomic mass is 10.1. The topological polar surface area (TPSA) is 107 Å². The molecule has 10 heteroatoms. The molecule has 2 amide bonds. The summed E-state index contributed by atoms with van der Waals surface area (Å²) < 4.78 is 7.36. The summed E-state index contributed by atoms with van der Waals surface area (Å²) in [6, 6.07) is 14.6. The molecule has 0 saturated carbocycles. The molecule has 0 aliphatic carbocycles. The second kappa shape index (κ2) is 8.53. The number of para-hydroxylation sites is 1. The molecule has 9 nitrogen and oxygen atoms in total. The van der Waals surface area contributed by atoms with Crippen molar-refractivity contribution in [2.75, 3.05) is 6.73 Å². The van der Waals surface area contributed by atoms with Crippen molar-refractivity contribution >= 4 is 51.6 Å². The minimum Gasteiger partial charge on any atom is -0.443 e. The minimum absolute atomic E-state index is 0.152. The van der Waals surface area contributed by atoms with E-state index in [2.05, 4.69) is 33.6 Å². The first-order chi connectivity index (χ1) is 16.4. The van der Waals surface area contributed by atoms with Gasteiger partial charge in [-0.15, -0.1) is 10.2 Å². The fourth-order valence-corrected chi connectivity index (χ4v) is 4.73. The summed E-state index contributed by atoms with van der Waals surface area (Å²) in [5, 5.41) is 9.21. The number of aromatic nitrogens is 4. The van der Waals surface area contributed by atoms with Crippen molar-refractivity contribution in [2.45, 2.75) is 37.2 Å². The van der Waals surface area contributed by atoms with E-state index in [9.17, 15) is 14.4 Å². The molecule has 1 aliphatic rings. The van der Waals surface area contributed by atoms with Crippen LogP contribution in [0.3, 0.4) is 0 Å². The third-order valence-electron chi connectivity index (χ3n) is 5.64. The van der Waals surface area contributed by atoms with E-state index in [1.807, 2.05) is 24.3 Å². The van der Waals surface area contributed by atoms with Gasteiger partial charge in [0.25, 0.3) is 11.8 Å². The van der Waals surface area contributed by atoms with E-state index in [0.29, 0.717) is 27.4 Å². The molecule has 2 aromatic carbocycles. The number of hydrogen-bond acceptors (Lipinski definition) is 8. The molecule has 2 aromatic heterocycles. The lowest BCUT2D eigenvalue weighted by molar-refractivity contribution is -0.145. The Morgan fingerprint density at radius 1 is 0.971 bits per heavy atom. The molecule has 0 N–H and O–H groups in total. The van der Waals surface area contributed by atoms with Crippen LogP contribution in [0.25, 0.3) is 22.1 Å². The van der Waals surface area contributed by atoms with Crippen molar-refractivity contribution in [3.63, 3.8) is 0 Å². The average Bonchev–Trinajstić information content (AvgIpc) is 3.29. The molecular formula is C24H21N5O4S. The van der Waals surface area contributed by atoms with Gasteiger partial charge in [-0.05, 0) is 39.0 Å². The fourth-order valence-electron chi connectivity index (χ4n) is 4.02. The molecule has 0 bridgehead atoms. The SMILES string of the molecule is CC(Sc1nnc2c3ccccc3n(C(C)C)c2n1)C(=O)OCN1C(=O)c2ccccc2C1=O. The van der Waals surface area contributed by atoms with Gasteiger partial charge in [0.2, 0.25) is 5.16 Å². The van der Waals surface area contributed by atoms with Crippen LogP contribution in [0.1, 0.15) is 47.5 Å². The Morgan fingerprint density at radius 3 is 2.29 bits per heavy atom. The molecule has 0 saturated heterocycles. The molecule has 0 radical (unpaired) electrons. The number of hydrogen-bond donors (Lipinski definition) is 0. The normalized spacial score (nSPS) is 14.3. The predicted octanol–water partition coefficient (Wildman–Crippen LogP) is 3.84. The zero-order chi connectivity index (χ0) is 24.0. The summed E-state index contributed by atoms with van der Waals surface area (Å²) in [4.78, 5) is 43.1. The van der Waals surface area contributed by atoms with Gasteiger partial charge in [-0.1, -0.05) is 42.1 Å². The molecule has 172 valence electrons. The first-order valence-corrected chi connectivity index (χ1v) is 11.7. The van der Waals surface area contributed by atoms with Crippen LogP contribution < -0.4 is 0 Å². The van der Waals surface area contributed by atoms with Gasteiger partial charge in [-0.25, -0.2) is 9.88 Å². The molecule has 0 spiro atoms. The van der Waals surface area contributed by atoms with Crippen LogP contribution in [-0.4, -0.2) is 54.4 Å². The molecule has 0 fully saturated rings. The Bertz CT molecular complexity index is 1430. The number of imide groups is 1. The summed E-state index contributed by atoms with van der Waals surface area (Å²) >= 11 is 1.11. The monoisotopic (exact) mass is 475 g/mol. The highest BCUT2D eigenvalue weighted by Crippen LogP contribution is 2.31. The van der Waals surface area contributed by atoms with E-state index in [0.717, 1.165) is 27.6 Å². The third-order valence-corrected chi connectivity index (χ3v) is 6.57. The zero-order valence-electron chi connectivity index (χ0n) is 18.8. The largest absolute Gasteiger partial charge is 0.443 e. The highest BCUT2D eigenvalue weighted by molar-refractivity contribution is 8.00. The number of carbonyl (C=O) groups excluding carboxylic acids is 3. The third kappa shape index (κ3) is 3.60. The Hall–Kier alpha value is -3.79.